The molecule has 6 heteroatoms. The van der Waals surface area contributed by atoms with Gasteiger partial charge < -0.3 is 15.8 Å². The molecule has 1 rings (SSSR count). The highest BCUT2D eigenvalue weighted by Gasteiger charge is 2.22. The minimum Gasteiger partial charge on any atom is -0.382 e. The van der Waals surface area contributed by atoms with Crippen molar-refractivity contribution >= 4 is 29.9 Å². The summed E-state index contributed by atoms with van der Waals surface area (Å²) >= 11 is 0. The predicted octanol–water partition coefficient (Wildman–Crippen LogP) is 2.20. The van der Waals surface area contributed by atoms with E-state index in [0.717, 1.165) is 32.7 Å². The third kappa shape index (κ3) is 8.83. The Morgan fingerprint density at radius 1 is 1.48 bits per heavy atom. The van der Waals surface area contributed by atoms with Crippen molar-refractivity contribution in [3.63, 3.8) is 0 Å². The number of halogens is 1. The highest BCUT2D eigenvalue weighted by atomic mass is 127. The predicted molar refractivity (Wildman–Crippen MR) is 100 cm³/mol. The fraction of sp³-hybridized carbons (Fsp3) is 0.933. The van der Waals surface area contributed by atoms with Gasteiger partial charge in [-0.1, -0.05) is 6.42 Å². The van der Waals surface area contributed by atoms with Gasteiger partial charge in [0.15, 0.2) is 5.96 Å². The summed E-state index contributed by atoms with van der Waals surface area (Å²) in [5, 5.41) is 3.14. The van der Waals surface area contributed by atoms with Gasteiger partial charge in [0.2, 0.25) is 0 Å². The van der Waals surface area contributed by atoms with Crippen molar-refractivity contribution in [3.8, 4) is 0 Å². The molecular formula is C15H33IN4O. The van der Waals surface area contributed by atoms with E-state index in [4.69, 9.17) is 10.5 Å². The topological polar surface area (TPSA) is 62.9 Å². The van der Waals surface area contributed by atoms with Crippen LogP contribution in [0.2, 0.25) is 0 Å². The zero-order valence-corrected chi connectivity index (χ0v) is 16.1. The molecule has 5 nitrogen and oxygen atoms in total. The molecule has 2 atom stereocenters. The Labute approximate surface area is 147 Å². The lowest BCUT2D eigenvalue weighted by Gasteiger charge is -2.37. The summed E-state index contributed by atoms with van der Waals surface area (Å²) in [6.45, 7) is 10.9. The van der Waals surface area contributed by atoms with E-state index in [-0.39, 0.29) is 24.0 Å². The molecule has 0 aromatic rings. The Morgan fingerprint density at radius 2 is 2.24 bits per heavy atom. The molecule has 0 aromatic carbocycles. The summed E-state index contributed by atoms with van der Waals surface area (Å²) in [6.07, 6.45) is 4.93. The molecule has 1 aliphatic heterocycles. The van der Waals surface area contributed by atoms with Gasteiger partial charge in [-0.15, -0.1) is 24.0 Å². The molecule has 0 aromatic heterocycles. The van der Waals surface area contributed by atoms with Gasteiger partial charge in [-0.3, -0.25) is 9.89 Å². The van der Waals surface area contributed by atoms with Crippen LogP contribution in [0.25, 0.3) is 0 Å². The van der Waals surface area contributed by atoms with E-state index in [0.29, 0.717) is 18.0 Å². The monoisotopic (exact) mass is 412 g/mol. The van der Waals surface area contributed by atoms with Crippen molar-refractivity contribution in [1.29, 1.82) is 0 Å². The molecule has 21 heavy (non-hydrogen) atoms. The number of nitrogens with one attached hydrogen (secondary N) is 1. The lowest BCUT2D eigenvalue weighted by molar-refractivity contribution is 0.118. The van der Waals surface area contributed by atoms with Crippen molar-refractivity contribution < 1.29 is 4.74 Å². The molecule has 0 bridgehead atoms. The highest BCUT2D eigenvalue weighted by Crippen LogP contribution is 2.18. The van der Waals surface area contributed by atoms with Gasteiger partial charge in [-0.2, -0.15) is 0 Å². The van der Waals surface area contributed by atoms with E-state index >= 15 is 0 Å². The largest absolute Gasteiger partial charge is 0.382 e. The zero-order chi connectivity index (χ0) is 14.8. The second kappa shape index (κ2) is 12.5. The molecule has 0 radical (unpaired) electrons. The molecule has 0 amide bonds. The lowest BCUT2D eigenvalue weighted by Crippen LogP contribution is -2.45. The van der Waals surface area contributed by atoms with Gasteiger partial charge in [0.25, 0.3) is 0 Å². The zero-order valence-electron chi connectivity index (χ0n) is 13.8. The number of hydrogen-bond acceptors (Lipinski definition) is 3. The lowest BCUT2D eigenvalue weighted by atomic mass is 10.0. The van der Waals surface area contributed by atoms with Crippen LogP contribution in [-0.4, -0.2) is 55.8 Å². The van der Waals surface area contributed by atoms with E-state index in [9.17, 15) is 0 Å². The number of hydrogen-bond donors (Lipinski definition) is 2. The number of aliphatic imine (C=N–C) groups is 1. The summed E-state index contributed by atoms with van der Waals surface area (Å²) in [4.78, 5) is 7.00. The molecule has 3 N–H and O–H groups in total. The summed E-state index contributed by atoms with van der Waals surface area (Å²) < 4.78 is 5.28. The van der Waals surface area contributed by atoms with Crippen LogP contribution >= 0.6 is 24.0 Å². The number of ether oxygens (including phenoxy) is 1. The molecule has 1 aliphatic rings. The highest BCUT2D eigenvalue weighted by molar-refractivity contribution is 14.0. The molecule has 1 saturated heterocycles. The standard InChI is InChI=1S/C15H32N4O.HI/c1-4-20-11-7-9-17-15(16)18-12-14(3)19-10-6-5-8-13(19)2;/h13-14H,4-12H2,1-3H3,(H3,16,17,18);1H. The second-order valence-electron chi connectivity index (χ2n) is 5.63. The van der Waals surface area contributed by atoms with E-state index in [1.54, 1.807) is 0 Å². The third-order valence-corrected chi connectivity index (χ3v) is 3.92. The van der Waals surface area contributed by atoms with Gasteiger partial charge in [-0.25, -0.2) is 0 Å². The van der Waals surface area contributed by atoms with Crippen molar-refractivity contribution in [2.75, 3.05) is 32.8 Å². The van der Waals surface area contributed by atoms with Gasteiger partial charge >= 0.3 is 0 Å². The van der Waals surface area contributed by atoms with Crippen LogP contribution in [0.1, 0.15) is 46.5 Å². The minimum atomic E-state index is 0. The van der Waals surface area contributed by atoms with Crippen LogP contribution < -0.4 is 11.1 Å². The molecule has 0 saturated carbocycles. The molecule has 1 fully saturated rings. The molecule has 126 valence electrons. The quantitative estimate of drug-likeness (QED) is 0.278. The maximum Gasteiger partial charge on any atom is 0.188 e. The van der Waals surface area contributed by atoms with Crippen LogP contribution in [-0.2, 0) is 4.74 Å². The van der Waals surface area contributed by atoms with E-state index in [2.05, 4.69) is 29.1 Å². The van der Waals surface area contributed by atoms with Crippen LogP contribution in [0.15, 0.2) is 4.99 Å². The normalized spacial score (nSPS) is 21.7. The SMILES string of the molecule is CCOCCCNC(N)=NCC(C)N1CCCCC1C.I. The minimum absolute atomic E-state index is 0. The first-order valence-corrected chi connectivity index (χ1v) is 8.02. The third-order valence-electron chi connectivity index (χ3n) is 3.92. The smallest absolute Gasteiger partial charge is 0.188 e. The molecule has 0 aliphatic carbocycles. The summed E-state index contributed by atoms with van der Waals surface area (Å²) in [7, 11) is 0. The van der Waals surface area contributed by atoms with Gasteiger partial charge in [-0.05, 0) is 46.6 Å². The van der Waals surface area contributed by atoms with Crippen LogP contribution in [0.3, 0.4) is 0 Å². The van der Waals surface area contributed by atoms with Crippen molar-refractivity contribution in [2.24, 2.45) is 10.7 Å². The fourth-order valence-corrected chi connectivity index (χ4v) is 2.70. The first kappa shape index (κ1) is 20.9. The first-order chi connectivity index (χ1) is 9.65. The number of rotatable bonds is 8. The first-order valence-electron chi connectivity index (χ1n) is 8.02. The van der Waals surface area contributed by atoms with Gasteiger partial charge in [0.05, 0.1) is 6.54 Å². The van der Waals surface area contributed by atoms with Crippen molar-refractivity contribution in [1.82, 2.24) is 10.2 Å². The Kier molecular flexibility index (Phi) is 12.4. The van der Waals surface area contributed by atoms with E-state index in [1.165, 1.54) is 25.8 Å². The van der Waals surface area contributed by atoms with Crippen LogP contribution in [0.4, 0.5) is 0 Å². The molecule has 2 unspecified atom stereocenters. The summed E-state index contributed by atoms with van der Waals surface area (Å²) in [6, 6.07) is 1.14. The maximum absolute atomic E-state index is 5.88. The van der Waals surface area contributed by atoms with E-state index < -0.39 is 0 Å². The number of nitrogens with zero attached hydrogens (tertiary/aromatic N) is 2. The van der Waals surface area contributed by atoms with Crippen LogP contribution in [0, 0.1) is 0 Å². The molecule has 1 heterocycles. The van der Waals surface area contributed by atoms with Gasteiger partial charge in [0, 0.05) is 31.8 Å². The Bertz CT molecular complexity index is 289. The number of nitrogens with two attached hydrogens (primary N) is 1. The average molecular weight is 412 g/mol. The molecule has 0 spiro atoms. The Hall–Kier alpha value is -0.0800. The average Bonchev–Trinajstić information content (AvgIpc) is 2.45. The fourth-order valence-electron chi connectivity index (χ4n) is 2.70. The van der Waals surface area contributed by atoms with Crippen molar-refractivity contribution in [3.05, 3.63) is 0 Å². The van der Waals surface area contributed by atoms with Gasteiger partial charge in [0.1, 0.15) is 0 Å². The van der Waals surface area contributed by atoms with Crippen molar-refractivity contribution in [2.45, 2.75) is 58.5 Å². The summed E-state index contributed by atoms with van der Waals surface area (Å²) in [5.41, 5.74) is 5.88. The number of likely N-dealkylation sites (tertiary alicyclic amines) is 1. The van der Waals surface area contributed by atoms with E-state index in [1.807, 2.05) is 6.92 Å². The Morgan fingerprint density at radius 3 is 2.90 bits per heavy atom. The Balaban J connectivity index is 0.00000400. The number of guanidine groups is 1. The summed E-state index contributed by atoms with van der Waals surface area (Å²) in [5.74, 6) is 0.554. The maximum atomic E-state index is 5.88. The molecular weight excluding hydrogens is 379 g/mol. The number of piperidine rings is 1. The van der Waals surface area contributed by atoms with Crippen LogP contribution in [0.5, 0.6) is 0 Å². The second-order valence-corrected chi connectivity index (χ2v) is 5.63.